The number of nitrogens with two attached hydrogens (primary N) is 1. The molecule has 0 radical (unpaired) electrons. The molecule has 6 heteroatoms. The highest BCUT2D eigenvalue weighted by molar-refractivity contribution is 6.31. The molecule has 0 saturated heterocycles. The number of ether oxygens (including phenoxy) is 1. The fourth-order valence-electron chi connectivity index (χ4n) is 1.26. The summed E-state index contributed by atoms with van der Waals surface area (Å²) in [7, 11) is 1.25. The number of rotatable bonds is 3. The van der Waals surface area contributed by atoms with E-state index in [1.54, 1.807) is 0 Å². The summed E-state index contributed by atoms with van der Waals surface area (Å²) < 4.78 is 4.49. The highest BCUT2D eigenvalue weighted by Crippen LogP contribution is 2.16. The molecular weight excluding hydrogens is 244 g/mol. The SMILES string of the molecule is COC(=O)C(C)NC(=O)c1cc(N)cc(Cl)c1. The van der Waals surface area contributed by atoms with Gasteiger partial charge in [-0.1, -0.05) is 11.6 Å². The number of esters is 1. The summed E-state index contributed by atoms with van der Waals surface area (Å²) >= 11 is 5.77. The molecule has 1 atom stereocenters. The van der Waals surface area contributed by atoms with Crippen LogP contribution >= 0.6 is 11.6 Å². The molecule has 17 heavy (non-hydrogen) atoms. The lowest BCUT2D eigenvalue weighted by Crippen LogP contribution is -2.39. The Morgan fingerprint density at radius 1 is 1.41 bits per heavy atom. The predicted molar refractivity (Wildman–Crippen MR) is 64.8 cm³/mol. The normalized spacial score (nSPS) is 11.7. The van der Waals surface area contributed by atoms with E-state index in [1.807, 2.05) is 0 Å². The van der Waals surface area contributed by atoms with Crippen LogP contribution < -0.4 is 11.1 Å². The highest BCUT2D eigenvalue weighted by atomic mass is 35.5. The van der Waals surface area contributed by atoms with Crippen LogP contribution in [0.1, 0.15) is 17.3 Å². The first kappa shape index (κ1) is 13.3. The minimum Gasteiger partial charge on any atom is -0.467 e. The Morgan fingerprint density at radius 3 is 2.59 bits per heavy atom. The number of anilines is 1. The van der Waals surface area contributed by atoms with E-state index in [1.165, 1.54) is 32.2 Å². The molecule has 0 fully saturated rings. The molecule has 1 amide bonds. The molecule has 0 aliphatic heterocycles. The number of hydrogen-bond donors (Lipinski definition) is 2. The van der Waals surface area contributed by atoms with Crippen molar-refractivity contribution in [3.63, 3.8) is 0 Å². The predicted octanol–water partition coefficient (Wildman–Crippen LogP) is 1.21. The molecule has 1 aromatic rings. The van der Waals surface area contributed by atoms with E-state index in [-0.39, 0.29) is 0 Å². The van der Waals surface area contributed by atoms with Crippen molar-refractivity contribution < 1.29 is 14.3 Å². The molecule has 92 valence electrons. The highest BCUT2D eigenvalue weighted by Gasteiger charge is 2.17. The second kappa shape index (κ2) is 5.54. The molecule has 1 unspecified atom stereocenters. The van der Waals surface area contributed by atoms with Crippen LogP contribution in [0.5, 0.6) is 0 Å². The smallest absolute Gasteiger partial charge is 0.328 e. The number of methoxy groups -OCH3 is 1. The van der Waals surface area contributed by atoms with E-state index >= 15 is 0 Å². The van der Waals surface area contributed by atoms with Gasteiger partial charge in [0.1, 0.15) is 6.04 Å². The van der Waals surface area contributed by atoms with Crippen LogP contribution in [0.4, 0.5) is 5.69 Å². The molecular formula is C11H13ClN2O3. The maximum Gasteiger partial charge on any atom is 0.328 e. The van der Waals surface area contributed by atoms with Crippen molar-refractivity contribution >= 4 is 29.2 Å². The first-order chi connectivity index (χ1) is 7.93. The lowest BCUT2D eigenvalue weighted by atomic mass is 10.2. The molecule has 3 N–H and O–H groups in total. The maximum absolute atomic E-state index is 11.7. The van der Waals surface area contributed by atoms with Crippen molar-refractivity contribution in [2.45, 2.75) is 13.0 Å². The van der Waals surface area contributed by atoms with Gasteiger partial charge >= 0.3 is 5.97 Å². The fourth-order valence-corrected chi connectivity index (χ4v) is 1.50. The summed E-state index contributed by atoms with van der Waals surface area (Å²) in [4.78, 5) is 22.9. The van der Waals surface area contributed by atoms with Crippen molar-refractivity contribution in [3.8, 4) is 0 Å². The molecule has 0 spiro atoms. The first-order valence-electron chi connectivity index (χ1n) is 4.89. The van der Waals surface area contributed by atoms with Gasteiger partial charge in [0.15, 0.2) is 0 Å². The first-order valence-corrected chi connectivity index (χ1v) is 5.26. The maximum atomic E-state index is 11.7. The minimum absolute atomic E-state index is 0.297. The second-order valence-corrected chi connectivity index (χ2v) is 3.93. The zero-order valence-electron chi connectivity index (χ0n) is 9.49. The van der Waals surface area contributed by atoms with Crippen molar-refractivity contribution in [2.24, 2.45) is 0 Å². The van der Waals surface area contributed by atoms with Gasteiger partial charge in [-0.2, -0.15) is 0 Å². The van der Waals surface area contributed by atoms with Gasteiger partial charge in [0, 0.05) is 16.3 Å². The van der Waals surface area contributed by atoms with Gasteiger partial charge in [-0.3, -0.25) is 4.79 Å². The third-order valence-electron chi connectivity index (χ3n) is 2.08. The van der Waals surface area contributed by atoms with E-state index in [0.29, 0.717) is 16.3 Å². The van der Waals surface area contributed by atoms with E-state index in [4.69, 9.17) is 17.3 Å². The zero-order chi connectivity index (χ0) is 13.0. The number of carbonyl (C=O) groups is 2. The second-order valence-electron chi connectivity index (χ2n) is 3.49. The summed E-state index contributed by atoms with van der Waals surface area (Å²) in [5.74, 6) is -0.953. The van der Waals surface area contributed by atoms with Crippen LogP contribution in [0.3, 0.4) is 0 Å². The average molecular weight is 257 g/mol. The molecule has 1 aromatic carbocycles. The molecule has 0 heterocycles. The topological polar surface area (TPSA) is 81.4 Å². The molecule has 0 aliphatic carbocycles. The summed E-state index contributed by atoms with van der Waals surface area (Å²) in [6.07, 6.45) is 0. The summed E-state index contributed by atoms with van der Waals surface area (Å²) in [5.41, 5.74) is 6.24. The van der Waals surface area contributed by atoms with E-state index in [9.17, 15) is 9.59 Å². The number of amides is 1. The van der Waals surface area contributed by atoms with E-state index in [0.717, 1.165) is 0 Å². The van der Waals surface area contributed by atoms with Crippen LogP contribution in [0, 0.1) is 0 Å². The number of nitrogen functional groups attached to an aromatic ring is 1. The summed E-state index contributed by atoms with van der Waals surface area (Å²) in [6.45, 7) is 1.53. The Labute approximate surface area is 104 Å². The van der Waals surface area contributed by atoms with Crippen molar-refractivity contribution in [1.82, 2.24) is 5.32 Å². The number of carbonyl (C=O) groups excluding carboxylic acids is 2. The molecule has 5 nitrogen and oxygen atoms in total. The van der Waals surface area contributed by atoms with Crippen LogP contribution in [0.15, 0.2) is 18.2 Å². The van der Waals surface area contributed by atoms with E-state index in [2.05, 4.69) is 10.1 Å². The van der Waals surface area contributed by atoms with Gasteiger partial charge in [-0.05, 0) is 25.1 Å². The average Bonchev–Trinajstić information content (AvgIpc) is 2.26. The standard InChI is InChI=1S/C11H13ClN2O3/c1-6(11(16)17-2)14-10(15)7-3-8(12)5-9(13)4-7/h3-6H,13H2,1-2H3,(H,14,15). The Kier molecular flexibility index (Phi) is 4.34. The zero-order valence-corrected chi connectivity index (χ0v) is 10.2. The van der Waals surface area contributed by atoms with Crippen LogP contribution in [0.25, 0.3) is 0 Å². The fraction of sp³-hybridized carbons (Fsp3) is 0.273. The van der Waals surface area contributed by atoms with Crippen molar-refractivity contribution in [3.05, 3.63) is 28.8 Å². The number of hydrogen-bond acceptors (Lipinski definition) is 4. The number of nitrogens with one attached hydrogen (secondary N) is 1. The minimum atomic E-state index is -0.729. The van der Waals surface area contributed by atoms with Crippen molar-refractivity contribution in [2.75, 3.05) is 12.8 Å². The van der Waals surface area contributed by atoms with Gasteiger partial charge in [-0.15, -0.1) is 0 Å². The Balaban J connectivity index is 2.79. The van der Waals surface area contributed by atoms with Crippen LogP contribution in [-0.4, -0.2) is 25.0 Å². The van der Waals surface area contributed by atoms with Crippen molar-refractivity contribution in [1.29, 1.82) is 0 Å². The molecule has 0 bridgehead atoms. The third-order valence-corrected chi connectivity index (χ3v) is 2.30. The summed E-state index contributed by atoms with van der Waals surface area (Å²) in [6, 6.07) is 3.75. The van der Waals surface area contributed by atoms with Gasteiger partial charge < -0.3 is 15.8 Å². The largest absolute Gasteiger partial charge is 0.467 e. The number of benzene rings is 1. The molecule has 0 aliphatic rings. The van der Waals surface area contributed by atoms with E-state index < -0.39 is 17.9 Å². The van der Waals surface area contributed by atoms with Crippen LogP contribution in [0.2, 0.25) is 5.02 Å². The number of halogens is 1. The van der Waals surface area contributed by atoms with Gasteiger partial charge in [0.05, 0.1) is 7.11 Å². The molecule has 0 saturated carbocycles. The lowest BCUT2D eigenvalue weighted by Gasteiger charge is -2.11. The lowest BCUT2D eigenvalue weighted by molar-refractivity contribution is -0.142. The third kappa shape index (κ3) is 3.64. The quantitative estimate of drug-likeness (QED) is 0.629. The van der Waals surface area contributed by atoms with Gasteiger partial charge in [0.25, 0.3) is 5.91 Å². The Hall–Kier alpha value is -1.75. The Bertz CT molecular complexity index is 428. The molecule has 0 aromatic heterocycles. The monoisotopic (exact) mass is 256 g/mol. The van der Waals surface area contributed by atoms with Gasteiger partial charge in [-0.25, -0.2) is 4.79 Å². The van der Waals surface area contributed by atoms with Crippen LogP contribution in [-0.2, 0) is 9.53 Å². The molecule has 1 rings (SSSR count). The summed E-state index contributed by atoms with van der Waals surface area (Å²) in [5, 5.41) is 2.84. The van der Waals surface area contributed by atoms with Gasteiger partial charge in [0.2, 0.25) is 0 Å². The Morgan fingerprint density at radius 2 is 2.06 bits per heavy atom.